The summed E-state index contributed by atoms with van der Waals surface area (Å²) in [6.45, 7) is -0.930. The van der Waals surface area contributed by atoms with E-state index in [2.05, 4.69) is 0 Å². The standard InChI is InChI=1S/C20H26O12/c1-28-11-6-9(2-4-10(11)22)3-5-14(23)32-18-16(25)12(7-21)31-20(18)29-8-13-15(24)17(26)19(27)30-13/h2-6,12-13,15-22,24-27H,7-8H2,1H3/b5-3+/t12-,13-,15-,16-,17+,18+,19?,20+/m0/s1. The minimum absolute atomic E-state index is 0.0649. The normalized spacial score (nSPS) is 34.8. The van der Waals surface area contributed by atoms with Crippen LogP contribution in [0.2, 0.25) is 0 Å². The van der Waals surface area contributed by atoms with Gasteiger partial charge in [0, 0.05) is 6.08 Å². The zero-order valence-corrected chi connectivity index (χ0v) is 17.1. The van der Waals surface area contributed by atoms with E-state index in [9.17, 15) is 35.4 Å². The third-order valence-corrected chi connectivity index (χ3v) is 5.10. The summed E-state index contributed by atoms with van der Waals surface area (Å²) in [6.07, 6.45) is -8.24. The lowest BCUT2D eigenvalue weighted by atomic mass is 10.1. The van der Waals surface area contributed by atoms with Crippen molar-refractivity contribution in [2.24, 2.45) is 0 Å². The van der Waals surface area contributed by atoms with Crippen LogP contribution in [0.5, 0.6) is 11.5 Å². The van der Waals surface area contributed by atoms with E-state index in [0.29, 0.717) is 5.56 Å². The molecule has 0 spiro atoms. The number of hydrogen-bond donors (Lipinski definition) is 6. The molecule has 1 aromatic carbocycles. The summed E-state index contributed by atoms with van der Waals surface area (Å²) in [7, 11) is 1.38. The largest absolute Gasteiger partial charge is 0.504 e. The summed E-state index contributed by atoms with van der Waals surface area (Å²) >= 11 is 0. The Morgan fingerprint density at radius 3 is 2.47 bits per heavy atom. The van der Waals surface area contributed by atoms with E-state index < -0.39 is 61.8 Å². The van der Waals surface area contributed by atoms with Gasteiger partial charge < -0.3 is 54.3 Å². The smallest absolute Gasteiger partial charge is 0.331 e. The maximum absolute atomic E-state index is 12.3. The van der Waals surface area contributed by atoms with E-state index >= 15 is 0 Å². The van der Waals surface area contributed by atoms with Crippen LogP contribution in [-0.4, -0.2) is 106 Å². The summed E-state index contributed by atoms with van der Waals surface area (Å²) in [5, 5.41) is 58.1. The van der Waals surface area contributed by atoms with Gasteiger partial charge in [0.2, 0.25) is 0 Å². The molecular weight excluding hydrogens is 432 g/mol. The van der Waals surface area contributed by atoms with E-state index in [1.54, 1.807) is 6.07 Å². The van der Waals surface area contributed by atoms with Crippen LogP contribution in [-0.2, 0) is 23.7 Å². The Bertz CT molecular complexity index is 814. The minimum Gasteiger partial charge on any atom is -0.504 e. The number of rotatable bonds is 8. The van der Waals surface area contributed by atoms with Gasteiger partial charge in [-0.1, -0.05) is 6.07 Å². The molecule has 1 unspecified atom stereocenters. The second-order valence-electron chi connectivity index (χ2n) is 7.26. The highest BCUT2D eigenvalue weighted by Crippen LogP contribution is 2.28. The fourth-order valence-corrected chi connectivity index (χ4v) is 3.30. The van der Waals surface area contributed by atoms with Crippen molar-refractivity contribution in [3.63, 3.8) is 0 Å². The number of esters is 1. The molecule has 0 radical (unpaired) electrons. The highest BCUT2D eigenvalue weighted by Gasteiger charge is 2.48. The van der Waals surface area contributed by atoms with Crippen molar-refractivity contribution in [3.05, 3.63) is 29.8 Å². The Morgan fingerprint density at radius 2 is 1.84 bits per heavy atom. The van der Waals surface area contributed by atoms with Gasteiger partial charge in [0.25, 0.3) is 0 Å². The molecule has 8 atom stereocenters. The van der Waals surface area contributed by atoms with Gasteiger partial charge in [-0.15, -0.1) is 0 Å². The number of benzene rings is 1. The SMILES string of the molecule is COc1cc(/C=C/C(=O)O[C@H]2[C@H](OC[C@@H]3OC(O)[C@H](O)[C@H]3O)O[C@@H](CO)[C@@H]2O)ccc1O. The lowest BCUT2D eigenvalue weighted by molar-refractivity contribution is -0.205. The van der Waals surface area contributed by atoms with Gasteiger partial charge >= 0.3 is 5.97 Å². The molecule has 2 heterocycles. The van der Waals surface area contributed by atoms with Gasteiger partial charge in [-0.2, -0.15) is 0 Å². The number of phenolic OH excluding ortho intramolecular Hbond substituents is 1. The van der Waals surface area contributed by atoms with Gasteiger partial charge in [0.15, 0.2) is 30.2 Å². The summed E-state index contributed by atoms with van der Waals surface area (Å²) in [5.74, 6) is -0.698. The van der Waals surface area contributed by atoms with E-state index in [-0.39, 0.29) is 18.1 Å². The molecule has 1 aromatic rings. The maximum atomic E-state index is 12.3. The monoisotopic (exact) mass is 458 g/mol. The van der Waals surface area contributed by atoms with E-state index in [0.717, 1.165) is 6.08 Å². The number of carbonyl (C=O) groups excluding carboxylic acids is 1. The Labute approximate surface area is 182 Å². The average molecular weight is 458 g/mol. The predicted molar refractivity (Wildman–Crippen MR) is 104 cm³/mol. The number of ether oxygens (including phenoxy) is 5. The number of carbonyl (C=O) groups is 1. The Hall–Kier alpha value is -2.29. The second kappa shape index (κ2) is 10.6. The quantitative estimate of drug-likeness (QED) is 0.184. The van der Waals surface area contributed by atoms with Crippen LogP contribution < -0.4 is 4.74 Å². The second-order valence-corrected chi connectivity index (χ2v) is 7.26. The van der Waals surface area contributed by atoms with Gasteiger partial charge in [-0.05, 0) is 23.8 Å². The van der Waals surface area contributed by atoms with Crippen LogP contribution in [0.1, 0.15) is 5.56 Å². The molecule has 0 amide bonds. The maximum Gasteiger partial charge on any atom is 0.331 e. The van der Waals surface area contributed by atoms with E-state index in [1.165, 1.54) is 25.3 Å². The molecule has 32 heavy (non-hydrogen) atoms. The first kappa shape index (κ1) is 24.4. The molecule has 12 nitrogen and oxygen atoms in total. The van der Waals surface area contributed by atoms with E-state index in [1.807, 2.05) is 0 Å². The predicted octanol–water partition coefficient (Wildman–Crippen LogP) is -2.14. The van der Waals surface area contributed by atoms with Gasteiger partial charge in [-0.25, -0.2) is 4.79 Å². The van der Waals surface area contributed by atoms with Gasteiger partial charge in [0.1, 0.15) is 30.5 Å². The van der Waals surface area contributed by atoms with Gasteiger partial charge in [0.05, 0.1) is 20.3 Å². The van der Waals surface area contributed by atoms with Gasteiger partial charge in [-0.3, -0.25) is 0 Å². The summed E-state index contributed by atoms with van der Waals surface area (Å²) in [4.78, 5) is 12.3. The van der Waals surface area contributed by atoms with Crippen LogP contribution in [0.4, 0.5) is 0 Å². The molecule has 2 aliphatic heterocycles. The topological polar surface area (TPSA) is 185 Å². The van der Waals surface area contributed by atoms with Crippen molar-refractivity contribution in [1.82, 2.24) is 0 Å². The number of aromatic hydroxyl groups is 1. The van der Waals surface area contributed by atoms with Crippen molar-refractivity contribution < 1.29 is 59.1 Å². The Morgan fingerprint density at radius 1 is 1.09 bits per heavy atom. The Balaban J connectivity index is 1.62. The Kier molecular flexibility index (Phi) is 8.03. The lowest BCUT2D eigenvalue weighted by Gasteiger charge is -2.22. The number of hydrogen-bond acceptors (Lipinski definition) is 12. The van der Waals surface area contributed by atoms with Crippen LogP contribution in [0.15, 0.2) is 24.3 Å². The number of phenols is 1. The highest BCUT2D eigenvalue weighted by molar-refractivity contribution is 5.87. The minimum atomic E-state index is -1.59. The van der Waals surface area contributed by atoms with Crippen molar-refractivity contribution in [3.8, 4) is 11.5 Å². The van der Waals surface area contributed by atoms with E-state index in [4.69, 9.17) is 23.7 Å². The lowest BCUT2D eigenvalue weighted by Crippen LogP contribution is -2.40. The van der Waals surface area contributed by atoms with Crippen molar-refractivity contribution in [2.45, 2.75) is 49.2 Å². The molecule has 178 valence electrons. The van der Waals surface area contributed by atoms with Crippen LogP contribution in [0.3, 0.4) is 0 Å². The molecular formula is C20H26O12. The van der Waals surface area contributed by atoms with Crippen molar-refractivity contribution >= 4 is 12.0 Å². The van der Waals surface area contributed by atoms with Crippen molar-refractivity contribution in [1.29, 1.82) is 0 Å². The van der Waals surface area contributed by atoms with Crippen LogP contribution >= 0.6 is 0 Å². The molecule has 12 heteroatoms. The third kappa shape index (κ3) is 5.36. The molecule has 0 saturated carbocycles. The first-order chi connectivity index (χ1) is 15.2. The molecule has 0 aromatic heterocycles. The first-order valence-electron chi connectivity index (χ1n) is 9.76. The number of aliphatic hydroxyl groups is 5. The molecule has 3 rings (SSSR count). The zero-order valence-electron chi connectivity index (χ0n) is 17.1. The molecule has 0 bridgehead atoms. The third-order valence-electron chi connectivity index (χ3n) is 5.10. The van der Waals surface area contributed by atoms with Crippen molar-refractivity contribution in [2.75, 3.05) is 20.3 Å². The number of methoxy groups -OCH3 is 1. The highest BCUT2D eigenvalue weighted by atomic mass is 16.7. The first-order valence-corrected chi connectivity index (χ1v) is 9.76. The fraction of sp³-hybridized carbons (Fsp3) is 0.550. The zero-order chi connectivity index (χ0) is 23.4. The number of aliphatic hydroxyl groups excluding tert-OH is 5. The summed E-state index contributed by atoms with van der Waals surface area (Å²) in [6, 6.07) is 4.43. The summed E-state index contributed by atoms with van der Waals surface area (Å²) in [5.41, 5.74) is 0.533. The average Bonchev–Trinajstić information content (AvgIpc) is 3.21. The molecule has 2 saturated heterocycles. The molecule has 0 aliphatic carbocycles. The molecule has 2 fully saturated rings. The van der Waals surface area contributed by atoms with Crippen LogP contribution in [0, 0.1) is 0 Å². The molecule has 2 aliphatic rings. The molecule has 6 N–H and O–H groups in total. The fourth-order valence-electron chi connectivity index (χ4n) is 3.30. The summed E-state index contributed by atoms with van der Waals surface area (Å²) < 4.78 is 26.0. The van der Waals surface area contributed by atoms with Crippen LogP contribution in [0.25, 0.3) is 6.08 Å².